The molecule has 0 aliphatic heterocycles. The molecule has 2 aromatic rings. The summed E-state index contributed by atoms with van der Waals surface area (Å²) >= 11 is 6.29. The summed E-state index contributed by atoms with van der Waals surface area (Å²) in [5, 5.41) is 0. The Kier molecular flexibility index (Phi) is 4.84. The third kappa shape index (κ3) is 4.13. The maximum absolute atomic E-state index is 13.0. The van der Waals surface area contributed by atoms with Gasteiger partial charge in [-0.25, -0.2) is 0 Å². The van der Waals surface area contributed by atoms with Gasteiger partial charge < -0.3 is 0 Å². The van der Waals surface area contributed by atoms with E-state index in [1.54, 1.807) is 18.2 Å². The van der Waals surface area contributed by atoms with Crippen LogP contribution in [0.3, 0.4) is 0 Å². The fraction of sp³-hybridized carbons (Fsp3) is 0.0769. The first-order valence-electron chi connectivity index (χ1n) is 5.16. The van der Waals surface area contributed by atoms with Gasteiger partial charge in [0.25, 0.3) is 0 Å². The molecule has 0 spiro atoms. The molecule has 0 heterocycles. The Bertz CT molecular complexity index is 581. The molecule has 19 heavy (non-hydrogen) atoms. The van der Waals surface area contributed by atoms with Crippen molar-refractivity contribution in [2.24, 2.45) is 0 Å². The summed E-state index contributed by atoms with van der Waals surface area (Å²) in [7, 11) is 0. The smallest absolute Gasteiger partial charge is 0.166 e. The molecular formula is C13H7BrF3IS. The summed E-state index contributed by atoms with van der Waals surface area (Å²) in [5.41, 5.74) is -0.590. The van der Waals surface area contributed by atoms with Crippen molar-refractivity contribution < 1.29 is 13.2 Å². The molecule has 0 atom stereocenters. The second-order valence-corrected chi connectivity index (χ2v) is 6.97. The Morgan fingerprint density at radius 3 is 2.21 bits per heavy atom. The van der Waals surface area contributed by atoms with Crippen LogP contribution >= 0.6 is 50.3 Å². The van der Waals surface area contributed by atoms with Gasteiger partial charge in [0.15, 0.2) is 0 Å². The quantitative estimate of drug-likeness (QED) is 0.481. The van der Waals surface area contributed by atoms with Crippen LogP contribution < -0.4 is 0 Å². The first kappa shape index (κ1) is 15.2. The van der Waals surface area contributed by atoms with E-state index in [1.807, 2.05) is 34.7 Å². The largest absolute Gasteiger partial charge is 0.417 e. The minimum Gasteiger partial charge on any atom is -0.166 e. The van der Waals surface area contributed by atoms with E-state index in [4.69, 9.17) is 0 Å². The molecule has 0 unspecified atom stereocenters. The van der Waals surface area contributed by atoms with Gasteiger partial charge in [0, 0.05) is 17.8 Å². The van der Waals surface area contributed by atoms with Crippen LogP contribution in [0.4, 0.5) is 13.2 Å². The highest BCUT2D eigenvalue weighted by Gasteiger charge is 2.33. The summed E-state index contributed by atoms with van der Waals surface area (Å²) in [5.74, 6) is 0. The highest BCUT2D eigenvalue weighted by molar-refractivity contribution is 14.1. The van der Waals surface area contributed by atoms with E-state index >= 15 is 0 Å². The molecule has 100 valence electrons. The summed E-state index contributed by atoms with van der Waals surface area (Å²) in [6.45, 7) is 0. The van der Waals surface area contributed by atoms with Gasteiger partial charge in [-0.05, 0) is 65.1 Å². The Morgan fingerprint density at radius 2 is 1.63 bits per heavy atom. The monoisotopic (exact) mass is 458 g/mol. The van der Waals surface area contributed by atoms with Gasteiger partial charge in [0.2, 0.25) is 0 Å². The van der Waals surface area contributed by atoms with Crippen LogP contribution in [-0.2, 0) is 6.18 Å². The molecule has 0 amide bonds. The molecule has 0 nitrogen and oxygen atoms in total. The zero-order chi connectivity index (χ0) is 14.0. The molecule has 0 saturated heterocycles. The van der Waals surface area contributed by atoms with Crippen LogP contribution in [0.2, 0.25) is 0 Å². The maximum atomic E-state index is 13.0. The van der Waals surface area contributed by atoms with Crippen molar-refractivity contribution in [3.8, 4) is 0 Å². The zero-order valence-electron chi connectivity index (χ0n) is 9.34. The third-order valence-electron chi connectivity index (χ3n) is 2.29. The third-order valence-corrected chi connectivity index (χ3v) is 4.57. The Morgan fingerprint density at radius 1 is 1.00 bits per heavy atom. The first-order chi connectivity index (χ1) is 8.86. The van der Waals surface area contributed by atoms with Gasteiger partial charge in [-0.15, -0.1) is 0 Å². The summed E-state index contributed by atoms with van der Waals surface area (Å²) in [6, 6.07) is 11.5. The van der Waals surface area contributed by atoms with Crippen molar-refractivity contribution in [3.05, 3.63) is 56.1 Å². The van der Waals surface area contributed by atoms with E-state index in [0.29, 0.717) is 3.57 Å². The fourth-order valence-electron chi connectivity index (χ4n) is 1.44. The highest BCUT2D eigenvalue weighted by atomic mass is 127. The lowest BCUT2D eigenvalue weighted by Gasteiger charge is -2.13. The van der Waals surface area contributed by atoms with Gasteiger partial charge >= 0.3 is 6.18 Å². The van der Waals surface area contributed by atoms with Crippen molar-refractivity contribution in [2.45, 2.75) is 16.0 Å². The number of halogens is 5. The van der Waals surface area contributed by atoms with Crippen LogP contribution in [0.15, 0.2) is 56.7 Å². The normalized spacial score (nSPS) is 11.6. The van der Waals surface area contributed by atoms with Gasteiger partial charge in [-0.2, -0.15) is 13.2 Å². The summed E-state index contributed by atoms with van der Waals surface area (Å²) < 4.78 is 40.4. The fourth-order valence-corrected chi connectivity index (χ4v) is 3.14. The Balaban J connectivity index is 2.37. The zero-order valence-corrected chi connectivity index (χ0v) is 13.9. The van der Waals surface area contributed by atoms with Crippen LogP contribution in [0.25, 0.3) is 0 Å². The van der Waals surface area contributed by atoms with Crippen molar-refractivity contribution in [3.63, 3.8) is 0 Å². The topological polar surface area (TPSA) is 0 Å². The van der Waals surface area contributed by atoms with E-state index in [1.165, 1.54) is 12.1 Å². The van der Waals surface area contributed by atoms with Gasteiger partial charge in [-0.1, -0.05) is 27.7 Å². The molecule has 0 aliphatic carbocycles. The van der Waals surface area contributed by atoms with Crippen molar-refractivity contribution >= 4 is 50.3 Å². The van der Waals surface area contributed by atoms with Crippen LogP contribution in [0, 0.1) is 3.57 Å². The molecule has 6 heteroatoms. The number of benzene rings is 2. The lowest BCUT2D eigenvalue weighted by Crippen LogP contribution is -2.07. The minimum atomic E-state index is -4.33. The molecule has 0 aliphatic rings. The van der Waals surface area contributed by atoms with Crippen LogP contribution in [-0.4, -0.2) is 0 Å². The summed E-state index contributed by atoms with van der Waals surface area (Å²) in [6.07, 6.45) is -4.33. The standard InChI is InChI=1S/C13H7BrF3IS/c14-8-1-4-10(5-2-8)19-12-6-3-9(18)7-11(12)13(15,16)17/h1-7H. The van der Waals surface area contributed by atoms with Crippen LogP contribution in [0.5, 0.6) is 0 Å². The Hall–Kier alpha value is -0.210. The number of hydrogen-bond acceptors (Lipinski definition) is 1. The van der Waals surface area contributed by atoms with Crippen LogP contribution in [0.1, 0.15) is 5.56 Å². The van der Waals surface area contributed by atoms with E-state index in [-0.39, 0.29) is 4.90 Å². The first-order valence-corrected chi connectivity index (χ1v) is 7.85. The average Bonchev–Trinajstić information content (AvgIpc) is 2.33. The molecular weight excluding hydrogens is 452 g/mol. The predicted octanol–water partition coefficient (Wildman–Crippen LogP) is 6.22. The van der Waals surface area contributed by atoms with E-state index in [2.05, 4.69) is 15.9 Å². The van der Waals surface area contributed by atoms with Crippen molar-refractivity contribution in [1.82, 2.24) is 0 Å². The Labute approximate surface area is 135 Å². The molecule has 0 saturated carbocycles. The summed E-state index contributed by atoms with van der Waals surface area (Å²) in [4.78, 5) is 0.991. The molecule has 0 bridgehead atoms. The molecule has 0 N–H and O–H groups in total. The van der Waals surface area contributed by atoms with Gasteiger partial charge in [0.05, 0.1) is 5.56 Å². The molecule has 2 rings (SSSR count). The molecule has 0 radical (unpaired) electrons. The van der Waals surface area contributed by atoms with E-state index < -0.39 is 11.7 Å². The van der Waals surface area contributed by atoms with Gasteiger partial charge in [0.1, 0.15) is 0 Å². The predicted molar refractivity (Wildman–Crippen MR) is 82.4 cm³/mol. The number of hydrogen-bond donors (Lipinski definition) is 0. The lowest BCUT2D eigenvalue weighted by molar-refractivity contribution is -0.139. The van der Waals surface area contributed by atoms with E-state index in [9.17, 15) is 13.2 Å². The van der Waals surface area contributed by atoms with Gasteiger partial charge in [-0.3, -0.25) is 0 Å². The SMILES string of the molecule is FC(F)(F)c1cc(I)ccc1Sc1ccc(Br)cc1. The second-order valence-electron chi connectivity index (χ2n) is 3.69. The average molecular weight is 459 g/mol. The molecule has 0 aromatic heterocycles. The van der Waals surface area contributed by atoms with E-state index in [0.717, 1.165) is 21.1 Å². The number of alkyl halides is 3. The lowest BCUT2D eigenvalue weighted by atomic mass is 10.2. The molecule has 0 fully saturated rings. The number of rotatable bonds is 2. The maximum Gasteiger partial charge on any atom is 0.417 e. The minimum absolute atomic E-state index is 0.218. The molecule has 2 aromatic carbocycles. The highest BCUT2D eigenvalue weighted by Crippen LogP contribution is 2.40. The second kappa shape index (κ2) is 6.05. The van der Waals surface area contributed by atoms with Crippen molar-refractivity contribution in [1.29, 1.82) is 0 Å². The van der Waals surface area contributed by atoms with Crippen molar-refractivity contribution in [2.75, 3.05) is 0 Å².